The van der Waals surface area contributed by atoms with Gasteiger partial charge < -0.3 is 15.2 Å². The van der Waals surface area contributed by atoms with Gasteiger partial charge in [-0.25, -0.2) is 0 Å². The first-order chi connectivity index (χ1) is 10.5. The number of ether oxygens (including phenoxy) is 1. The fourth-order valence-electron chi connectivity index (χ4n) is 2.06. The van der Waals surface area contributed by atoms with E-state index in [9.17, 15) is 5.11 Å². The first-order valence-electron chi connectivity index (χ1n) is 6.97. The highest BCUT2D eigenvalue weighted by Gasteiger charge is 2.13. The lowest BCUT2D eigenvalue weighted by atomic mass is 10.1. The Morgan fingerprint density at radius 3 is 2.86 bits per heavy atom. The molecule has 0 amide bonds. The van der Waals surface area contributed by atoms with Gasteiger partial charge in [-0.3, -0.25) is 5.10 Å². The van der Waals surface area contributed by atoms with Crippen molar-refractivity contribution in [1.82, 2.24) is 15.5 Å². The predicted molar refractivity (Wildman–Crippen MR) is 87.7 cm³/mol. The van der Waals surface area contributed by atoms with Gasteiger partial charge in [-0.2, -0.15) is 5.10 Å². The minimum atomic E-state index is -0.662. The first-order valence-corrected chi connectivity index (χ1v) is 7.72. The maximum Gasteiger partial charge on any atom is 0.139 e. The molecule has 2 atom stereocenters. The molecule has 2 rings (SSSR count). The molecule has 1 aromatic heterocycles. The molecule has 120 valence electrons. The number of aliphatic hydroxyl groups is 1. The molecule has 0 saturated heterocycles. The summed E-state index contributed by atoms with van der Waals surface area (Å²) in [5.41, 5.74) is 2.09. The molecule has 22 heavy (non-hydrogen) atoms. The normalized spacial score (nSPS) is 13.9. The molecule has 1 heterocycles. The van der Waals surface area contributed by atoms with E-state index in [4.69, 9.17) is 27.9 Å². The van der Waals surface area contributed by atoms with Crippen LogP contribution >= 0.6 is 23.2 Å². The first kappa shape index (κ1) is 17.1. The smallest absolute Gasteiger partial charge is 0.139 e. The van der Waals surface area contributed by atoms with E-state index in [0.717, 1.165) is 11.3 Å². The summed E-state index contributed by atoms with van der Waals surface area (Å²) in [6.45, 7) is 4.49. The summed E-state index contributed by atoms with van der Waals surface area (Å²) in [6, 6.07) is 5.23. The highest BCUT2D eigenvalue weighted by Crippen LogP contribution is 2.31. The molecule has 5 nitrogen and oxygen atoms in total. The number of rotatable bonds is 7. The number of hydrogen-bond donors (Lipinski definition) is 3. The van der Waals surface area contributed by atoms with E-state index in [1.165, 1.54) is 0 Å². The third-order valence-corrected chi connectivity index (χ3v) is 4.14. The summed E-state index contributed by atoms with van der Waals surface area (Å²) in [7, 11) is 0. The van der Waals surface area contributed by atoms with Gasteiger partial charge in [-0.05, 0) is 26.0 Å². The highest BCUT2D eigenvalue weighted by atomic mass is 35.5. The summed E-state index contributed by atoms with van der Waals surface area (Å²) < 4.78 is 5.50. The number of aryl methyl sites for hydroxylation is 1. The molecule has 0 aliphatic heterocycles. The molecule has 0 aliphatic rings. The fourth-order valence-corrected chi connectivity index (χ4v) is 2.41. The Hall–Kier alpha value is -1.27. The van der Waals surface area contributed by atoms with Gasteiger partial charge in [-0.15, -0.1) is 0 Å². The number of H-pyrrole nitrogens is 1. The molecule has 0 radical (unpaired) electrons. The van der Waals surface area contributed by atoms with E-state index >= 15 is 0 Å². The van der Waals surface area contributed by atoms with Crippen molar-refractivity contribution in [3.8, 4) is 5.75 Å². The zero-order chi connectivity index (χ0) is 16.1. The lowest BCUT2D eigenvalue weighted by Crippen LogP contribution is -2.33. The molecular formula is C15H19Cl2N3O2. The van der Waals surface area contributed by atoms with E-state index in [1.54, 1.807) is 24.4 Å². The van der Waals surface area contributed by atoms with Crippen LogP contribution in [0.25, 0.3) is 0 Å². The van der Waals surface area contributed by atoms with Crippen LogP contribution in [0.1, 0.15) is 24.2 Å². The molecule has 1 aromatic carbocycles. The average Bonchev–Trinajstić information content (AvgIpc) is 2.92. The van der Waals surface area contributed by atoms with E-state index in [-0.39, 0.29) is 12.6 Å². The third kappa shape index (κ3) is 4.36. The second kappa shape index (κ2) is 7.83. The Balaban J connectivity index is 1.80. The van der Waals surface area contributed by atoms with Gasteiger partial charge in [-0.1, -0.05) is 29.3 Å². The Morgan fingerprint density at radius 2 is 2.18 bits per heavy atom. The lowest BCUT2D eigenvalue weighted by Gasteiger charge is -2.18. The summed E-state index contributed by atoms with van der Waals surface area (Å²) in [5, 5.41) is 20.9. The number of benzene rings is 1. The molecule has 3 N–H and O–H groups in total. The SMILES string of the molecule is Cc1[nH]ncc1C(C)NCC(O)COc1cccc(Cl)c1Cl. The van der Waals surface area contributed by atoms with E-state index in [2.05, 4.69) is 15.5 Å². The van der Waals surface area contributed by atoms with Crippen LogP contribution in [0, 0.1) is 6.92 Å². The Labute approximate surface area is 139 Å². The minimum Gasteiger partial charge on any atom is -0.489 e. The fraction of sp³-hybridized carbons (Fsp3) is 0.400. The van der Waals surface area contributed by atoms with E-state index in [0.29, 0.717) is 22.3 Å². The summed E-state index contributed by atoms with van der Waals surface area (Å²) >= 11 is 11.9. The highest BCUT2D eigenvalue weighted by molar-refractivity contribution is 6.42. The molecule has 2 unspecified atom stereocenters. The predicted octanol–water partition coefficient (Wildman–Crippen LogP) is 3.12. The molecule has 0 bridgehead atoms. The van der Waals surface area contributed by atoms with Crippen molar-refractivity contribution in [2.45, 2.75) is 26.0 Å². The Morgan fingerprint density at radius 1 is 1.41 bits per heavy atom. The summed E-state index contributed by atoms with van der Waals surface area (Å²) in [4.78, 5) is 0. The van der Waals surface area contributed by atoms with Crippen molar-refractivity contribution >= 4 is 23.2 Å². The lowest BCUT2D eigenvalue weighted by molar-refractivity contribution is 0.104. The molecule has 0 aliphatic carbocycles. The maximum absolute atomic E-state index is 10.00. The van der Waals surface area contributed by atoms with Crippen molar-refractivity contribution in [3.63, 3.8) is 0 Å². The topological polar surface area (TPSA) is 70.2 Å². The number of hydrogen-bond acceptors (Lipinski definition) is 4. The molecule has 2 aromatic rings. The van der Waals surface area contributed by atoms with Gasteiger partial charge in [0.15, 0.2) is 0 Å². The minimum absolute atomic E-state index is 0.0863. The van der Waals surface area contributed by atoms with E-state index in [1.807, 2.05) is 13.8 Å². The van der Waals surface area contributed by atoms with Crippen LogP contribution in [0.4, 0.5) is 0 Å². The van der Waals surface area contributed by atoms with Crippen LogP contribution in [0.3, 0.4) is 0 Å². The van der Waals surface area contributed by atoms with Crippen LogP contribution in [-0.2, 0) is 0 Å². The van der Waals surface area contributed by atoms with Gasteiger partial charge >= 0.3 is 0 Å². The third-order valence-electron chi connectivity index (χ3n) is 3.34. The van der Waals surface area contributed by atoms with Crippen LogP contribution in [0.15, 0.2) is 24.4 Å². The number of nitrogens with zero attached hydrogens (tertiary/aromatic N) is 1. The van der Waals surface area contributed by atoms with Crippen molar-refractivity contribution in [3.05, 3.63) is 45.7 Å². The van der Waals surface area contributed by atoms with Crippen LogP contribution < -0.4 is 10.1 Å². The van der Waals surface area contributed by atoms with Crippen molar-refractivity contribution < 1.29 is 9.84 Å². The van der Waals surface area contributed by atoms with Gasteiger partial charge in [0.05, 0.1) is 11.2 Å². The summed E-state index contributed by atoms with van der Waals surface area (Å²) in [5.74, 6) is 0.465. The largest absolute Gasteiger partial charge is 0.489 e. The Bertz CT molecular complexity index is 619. The molecular weight excluding hydrogens is 325 g/mol. The molecule has 0 spiro atoms. The standard InChI is InChI=1S/C15H19Cl2N3O2/c1-9(12-7-19-20-10(12)2)18-6-11(21)8-22-14-5-3-4-13(16)15(14)17/h3-5,7,9,11,18,21H,6,8H2,1-2H3,(H,19,20). The second-order valence-electron chi connectivity index (χ2n) is 5.10. The number of nitrogens with one attached hydrogen (secondary N) is 2. The van der Waals surface area contributed by atoms with Crippen molar-refractivity contribution in [2.24, 2.45) is 0 Å². The molecule has 0 fully saturated rings. The van der Waals surface area contributed by atoms with Gasteiger partial charge in [0.2, 0.25) is 0 Å². The second-order valence-corrected chi connectivity index (χ2v) is 5.88. The zero-order valence-electron chi connectivity index (χ0n) is 12.4. The number of aliphatic hydroxyl groups excluding tert-OH is 1. The van der Waals surface area contributed by atoms with Crippen LogP contribution in [-0.4, -0.2) is 34.6 Å². The zero-order valence-corrected chi connectivity index (χ0v) is 13.9. The number of aromatic nitrogens is 2. The Kier molecular flexibility index (Phi) is 6.08. The van der Waals surface area contributed by atoms with Gasteiger partial charge in [0.25, 0.3) is 0 Å². The van der Waals surface area contributed by atoms with Crippen molar-refractivity contribution in [2.75, 3.05) is 13.2 Å². The molecule has 0 saturated carbocycles. The van der Waals surface area contributed by atoms with Crippen molar-refractivity contribution in [1.29, 1.82) is 0 Å². The van der Waals surface area contributed by atoms with Gasteiger partial charge in [0, 0.05) is 23.8 Å². The van der Waals surface area contributed by atoms with Crippen LogP contribution in [0.2, 0.25) is 10.0 Å². The molecule has 7 heteroatoms. The number of halogens is 2. The quantitative estimate of drug-likeness (QED) is 0.722. The number of aromatic amines is 1. The monoisotopic (exact) mass is 343 g/mol. The summed E-state index contributed by atoms with van der Waals surface area (Å²) in [6.07, 6.45) is 1.12. The van der Waals surface area contributed by atoms with E-state index < -0.39 is 6.10 Å². The van der Waals surface area contributed by atoms with Crippen LogP contribution in [0.5, 0.6) is 5.75 Å². The maximum atomic E-state index is 10.00. The average molecular weight is 344 g/mol. The van der Waals surface area contributed by atoms with Gasteiger partial charge in [0.1, 0.15) is 23.5 Å².